The SMILES string of the molecule is Cc1cc(C(=O)N2CCCCCC2)nc(Nc2cccc(Cl)c2)n1. The Balaban J connectivity index is 1.81. The molecule has 0 unspecified atom stereocenters. The number of rotatable bonds is 3. The van der Waals surface area contributed by atoms with Crippen LogP contribution in [0.2, 0.25) is 5.02 Å². The van der Waals surface area contributed by atoms with Gasteiger partial charge in [0.1, 0.15) is 5.69 Å². The molecule has 0 radical (unpaired) electrons. The Morgan fingerprint density at radius 3 is 2.58 bits per heavy atom. The summed E-state index contributed by atoms with van der Waals surface area (Å²) in [7, 11) is 0. The molecule has 0 bridgehead atoms. The number of aromatic nitrogens is 2. The summed E-state index contributed by atoms with van der Waals surface area (Å²) in [5.41, 5.74) is 1.99. The summed E-state index contributed by atoms with van der Waals surface area (Å²) in [6.45, 7) is 3.47. The normalized spacial score (nSPS) is 15.0. The summed E-state index contributed by atoms with van der Waals surface area (Å²) in [6.07, 6.45) is 4.50. The summed E-state index contributed by atoms with van der Waals surface area (Å²) >= 11 is 6.00. The number of carbonyl (C=O) groups is 1. The maximum absolute atomic E-state index is 12.8. The fraction of sp³-hybridized carbons (Fsp3) is 0.389. The zero-order valence-corrected chi connectivity index (χ0v) is 14.5. The van der Waals surface area contributed by atoms with E-state index in [0.29, 0.717) is 16.7 Å². The summed E-state index contributed by atoms with van der Waals surface area (Å²) in [5, 5.41) is 3.75. The first-order chi connectivity index (χ1) is 11.6. The maximum atomic E-state index is 12.8. The smallest absolute Gasteiger partial charge is 0.272 e. The van der Waals surface area contributed by atoms with Crippen LogP contribution in [-0.4, -0.2) is 33.9 Å². The van der Waals surface area contributed by atoms with Crippen LogP contribution in [0.3, 0.4) is 0 Å². The van der Waals surface area contributed by atoms with Crippen LogP contribution in [0.15, 0.2) is 30.3 Å². The molecule has 0 spiro atoms. The van der Waals surface area contributed by atoms with E-state index in [0.717, 1.165) is 37.3 Å². The molecule has 0 atom stereocenters. The van der Waals surface area contributed by atoms with Crippen molar-refractivity contribution in [3.8, 4) is 0 Å². The van der Waals surface area contributed by atoms with Crippen LogP contribution < -0.4 is 5.32 Å². The Hall–Kier alpha value is -2.14. The molecule has 3 rings (SSSR count). The zero-order chi connectivity index (χ0) is 16.9. The maximum Gasteiger partial charge on any atom is 0.272 e. The van der Waals surface area contributed by atoms with Gasteiger partial charge >= 0.3 is 0 Å². The predicted molar refractivity (Wildman–Crippen MR) is 95.9 cm³/mol. The van der Waals surface area contributed by atoms with E-state index >= 15 is 0 Å². The minimum Gasteiger partial charge on any atom is -0.337 e. The Kier molecular flexibility index (Phi) is 5.30. The van der Waals surface area contributed by atoms with Crippen molar-refractivity contribution < 1.29 is 4.79 Å². The van der Waals surface area contributed by atoms with E-state index in [1.165, 1.54) is 12.8 Å². The average Bonchev–Trinajstić information content (AvgIpc) is 2.83. The third-order valence-electron chi connectivity index (χ3n) is 4.05. The lowest BCUT2D eigenvalue weighted by molar-refractivity contribution is 0.0755. The molecule has 5 nitrogen and oxygen atoms in total. The van der Waals surface area contributed by atoms with Gasteiger partial charge in [-0.05, 0) is 44.0 Å². The van der Waals surface area contributed by atoms with Crippen molar-refractivity contribution in [3.05, 3.63) is 46.7 Å². The van der Waals surface area contributed by atoms with E-state index in [4.69, 9.17) is 11.6 Å². The summed E-state index contributed by atoms with van der Waals surface area (Å²) in [5.74, 6) is 0.395. The van der Waals surface area contributed by atoms with Gasteiger partial charge in [0.25, 0.3) is 5.91 Å². The van der Waals surface area contributed by atoms with Crippen LogP contribution in [0.1, 0.15) is 41.9 Å². The minimum absolute atomic E-state index is 0.0171. The monoisotopic (exact) mass is 344 g/mol. The second-order valence-electron chi connectivity index (χ2n) is 6.06. The molecule has 126 valence electrons. The molecule has 1 saturated heterocycles. The number of halogens is 1. The number of benzene rings is 1. The van der Waals surface area contributed by atoms with Crippen molar-refractivity contribution in [1.29, 1.82) is 0 Å². The van der Waals surface area contributed by atoms with E-state index < -0.39 is 0 Å². The summed E-state index contributed by atoms with van der Waals surface area (Å²) in [6, 6.07) is 9.08. The van der Waals surface area contributed by atoms with Gasteiger partial charge in [-0.15, -0.1) is 0 Å². The van der Waals surface area contributed by atoms with Crippen LogP contribution in [0.4, 0.5) is 11.6 Å². The highest BCUT2D eigenvalue weighted by Gasteiger charge is 2.19. The van der Waals surface area contributed by atoms with Crippen molar-refractivity contribution in [2.75, 3.05) is 18.4 Å². The molecule has 24 heavy (non-hydrogen) atoms. The van der Waals surface area contributed by atoms with Gasteiger partial charge in [0, 0.05) is 29.5 Å². The zero-order valence-electron chi connectivity index (χ0n) is 13.8. The molecule has 1 aliphatic heterocycles. The fourth-order valence-electron chi connectivity index (χ4n) is 2.87. The average molecular weight is 345 g/mol. The van der Waals surface area contributed by atoms with E-state index in [1.54, 1.807) is 18.2 Å². The first-order valence-electron chi connectivity index (χ1n) is 8.29. The molecule has 1 N–H and O–H groups in total. The highest BCUT2D eigenvalue weighted by Crippen LogP contribution is 2.19. The number of hydrogen-bond acceptors (Lipinski definition) is 4. The number of carbonyl (C=O) groups excluding carboxylic acids is 1. The predicted octanol–water partition coefficient (Wildman–Crippen LogP) is 4.20. The lowest BCUT2D eigenvalue weighted by Gasteiger charge is -2.20. The summed E-state index contributed by atoms with van der Waals surface area (Å²) < 4.78 is 0. The van der Waals surface area contributed by atoms with Crippen molar-refractivity contribution in [3.63, 3.8) is 0 Å². The van der Waals surface area contributed by atoms with Crippen LogP contribution in [-0.2, 0) is 0 Å². The van der Waals surface area contributed by atoms with Gasteiger partial charge in [-0.25, -0.2) is 9.97 Å². The van der Waals surface area contributed by atoms with Crippen LogP contribution in [0.5, 0.6) is 0 Å². The number of hydrogen-bond donors (Lipinski definition) is 1. The van der Waals surface area contributed by atoms with Crippen molar-refractivity contribution in [2.24, 2.45) is 0 Å². The minimum atomic E-state index is -0.0171. The van der Waals surface area contributed by atoms with E-state index in [2.05, 4.69) is 15.3 Å². The fourth-order valence-corrected chi connectivity index (χ4v) is 3.06. The first kappa shape index (κ1) is 16.7. The number of nitrogens with one attached hydrogen (secondary N) is 1. The number of amides is 1. The molecule has 1 fully saturated rings. The van der Waals surface area contributed by atoms with E-state index in [9.17, 15) is 4.79 Å². The lowest BCUT2D eigenvalue weighted by atomic mass is 10.2. The van der Waals surface area contributed by atoms with Crippen LogP contribution in [0, 0.1) is 6.92 Å². The molecular formula is C18H21ClN4O. The second-order valence-corrected chi connectivity index (χ2v) is 6.50. The molecule has 1 amide bonds. The molecule has 0 saturated carbocycles. The second kappa shape index (κ2) is 7.62. The highest BCUT2D eigenvalue weighted by atomic mass is 35.5. The molecule has 1 aromatic heterocycles. The largest absolute Gasteiger partial charge is 0.337 e. The molecule has 2 heterocycles. The molecular weight excluding hydrogens is 324 g/mol. The Morgan fingerprint density at radius 1 is 1.12 bits per heavy atom. The van der Waals surface area contributed by atoms with Crippen LogP contribution in [0.25, 0.3) is 0 Å². The molecule has 6 heteroatoms. The summed E-state index contributed by atoms with van der Waals surface area (Å²) in [4.78, 5) is 23.4. The number of nitrogens with zero attached hydrogens (tertiary/aromatic N) is 3. The van der Waals surface area contributed by atoms with Crippen LogP contribution >= 0.6 is 11.6 Å². The van der Waals surface area contributed by atoms with Gasteiger partial charge in [-0.2, -0.15) is 0 Å². The van der Waals surface area contributed by atoms with Gasteiger partial charge in [-0.1, -0.05) is 30.5 Å². The topological polar surface area (TPSA) is 58.1 Å². The van der Waals surface area contributed by atoms with Gasteiger partial charge < -0.3 is 10.2 Å². The molecule has 0 aliphatic carbocycles. The van der Waals surface area contributed by atoms with Crippen molar-refractivity contribution >= 4 is 29.1 Å². The Labute approximate surface area is 147 Å². The van der Waals surface area contributed by atoms with Gasteiger partial charge in [0.15, 0.2) is 0 Å². The van der Waals surface area contributed by atoms with E-state index in [1.807, 2.05) is 24.0 Å². The molecule has 1 aliphatic rings. The highest BCUT2D eigenvalue weighted by molar-refractivity contribution is 6.30. The molecule has 1 aromatic carbocycles. The standard InChI is InChI=1S/C18H21ClN4O/c1-13-11-16(17(24)23-9-4-2-3-5-10-23)22-18(20-13)21-15-8-6-7-14(19)12-15/h6-8,11-12H,2-5,9-10H2,1H3,(H,20,21,22). The van der Waals surface area contributed by atoms with Crippen molar-refractivity contribution in [1.82, 2.24) is 14.9 Å². The quantitative estimate of drug-likeness (QED) is 0.906. The first-order valence-corrected chi connectivity index (χ1v) is 8.67. The number of aryl methyl sites for hydroxylation is 1. The Morgan fingerprint density at radius 2 is 1.88 bits per heavy atom. The third-order valence-corrected chi connectivity index (χ3v) is 4.28. The Bertz CT molecular complexity index is 727. The van der Waals surface area contributed by atoms with Gasteiger partial charge in [0.2, 0.25) is 5.95 Å². The van der Waals surface area contributed by atoms with Gasteiger partial charge in [0.05, 0.1) is 0 Å². The van der Waals surface area contributed by atoms with Gasteiger partial charge in [-0.3, -0.25) is 4.79 Å². The molecule has 2 aromatic rings. The number of anilines is 2. The van der Waals surface area contributed by atoms with E-state index in [-0.39, 0.29) is 5.91 Å². The lowest BCUT2D eigenvalue weighted by Crippen LogP contribution is -2.32. The third kappa shape index (κ3) is 4.23. The van der Waals surface area contributed by atoms with Crippen molar-refractivity contribution in [2.45, 2.75) is 32.6 Å². The number of likely N-dealkylation sites (tertiary alicyclic amines) is 1.